The molecular formula is C55H68N2O18. The molecule has 75 heavy (non-hydrogen) atoms. The van der Waals surface area contributed by atoms with Crippen molar-refractivity contribution in [2.45, 2.75) is 150 Å². The molecule has 5 aliphatic heterocycles. The molecule has 0 radical (unpaired) electrons. The zero-order valence-electron chi connectivity index (χ0n) is 43.7. The first-order valence-electron chi connectivity index (χ1n) is 25.0. The summed E-state index contributed by atoms with van der Waals surface area (Å²) in [5.74, 6) is -11.8. The van der Waals surface area contributed by atoms with Crippen molar-refractivity contribution in [3.63, 3.8) is 0 Å². The molecule has 2 aromatic rings. The van der Waals surface area contributed by atoms with Gasteiger partial charge in [-0.15, -0.1) is 0 Å². The van der Waals surface area contributed by atoms with Crippen LogP contribution in [0.2, 0.25) is 0 Å². The molecule has 1 aliphatic carbocycles. The van der Waals surface area contributed by atoms with E-state index in [4.69, 9.17) is 33.2 Å². The molecule has 7 N–H and O–H groups in total. The normalized spacial score (nSPS) is 33.4. The summed E-state index contributed by atoms with van der Waals surface area (Å²) in [6.07, 6.45) is -1.01. The molecular weight excluding hydrogens is 977 g/mol. The zero-order chi connectivity index (χ0) is 55.0. The van der Waals surface area contributed by atoms with Gasteiger partial charge >= 0.3 is 11.8 Å². The molecule has 5 heterocycles. The summed E-state index contributed by atoms with van der Waals surface area (Å²) in [7, 11) is 0. The topological polar surface area (TPSA) is 292 Å². The Morgan fingerprint density at radius 1 is 0.933 bits per heavy atom. The zero-order valence-corrected chi connectivity index (χ0v) is 43.7. The standard InChI is InChI=1S/C55H68N2O18/c1-25-13-11-16-34(30(6)73-53(68)54(8,9)22-39(60)56-23-32-14-12-15-33(58)19-32)46(63)28(4)45(62)27(3)44(61)26(2)37(74-40-21-38-50(31(7)72-40)70-24-69-38)17-18-71-55(10)51(66)43-41-36(59)20-35(57-52(25)67)48(65)42(41)47(64)29(5)49(43)75-55/h11-20,26-28,30-31,34,37-38,40,44-46,50,58,61-64H,21-24H2,1-10H3,(H,56,60)(H,57,67)/b16-11+,18-17+,25-13-/t26-,27+,28+,30?,31-,34-,37+,38+,40+,44-,45+,46-,50-,55+/m1/s1. The van der Waals surface area contributed by atoms with Crippen molar-refractivity contribution in [3.05, 3.63) is 100.0 Å². The summed E-state index contributed by atoms with van der Waals surface area (Å²) in [5, 5.41) is 62.7. The smallest absolute Gasteiger partial charge is 0.312 e. The Labute approximate surface area is 434 Å². The molecule has 20 nitrogen and oxygen atoms in total. The Bertz CT molecular complexity index is 2710. The van der Waals surface area contributed by atoms with E-state index in [2.05, 4.69) is 10.6 Å². The molecule has 0 saturated carbocycles. The van der Waals surface area contributed by atoms with Crippen molar-refractivity contribution in [1.82, 2.24) is 10.6 Å². The second-order valence-electron chi connectivity index (χ2n) is 21.0. The third kappa shape index (κ3) is 11.8. The number of hydrogen-bond donors (Lipinski definition) is 7. The van der Waals surface area contributed by atoms with Gasteiger partial charge in [-0.2, -0.15) is 0 Å². The van der Waals surface area contributed by atoms with Crippen molar-refractivity contribution >= 4 is 35.1 Å². The maximum absolute atomic E-state index is 14.3. The molecule has 14 atom stereocenters. The number of allylic oxidation sites excluding steroid dienone is 4. The number of carbonyl (C=O) groups excluding carboxylic acids is 6. The predicted molar refractivity (Wildman–Crippen MR) is 266 cm³/mol. The fourth-order valence-corrected chi connectivity index (χ4v) is 10.0. The highest BCUT2D eigenvalue weighted by Crippen LogP contribution is 2.48. The molecule has 2 fully saturated rings. The number of aromatic hydroxyl groups is 2. The molecule has 5 bridgehead atoms. The van der Waals surface area contributed by atoms with Gasteiger partial charge in [-0.3, -0.25) is 28.8 Å². The summed E-state index contributed by atoms with van der Waals surface area (Å²) >= 11 is 0. The van der Waals surface area contributed by atoms with Crippen molar-refractivity contribution in [2.24, 2.45) is 29.1 Å². The number of carbonyl (C=O) groups is 6. The fourth-order valence-electron chi connectivity index (χ4n) is 10.0. The van der Waals surface area contributed by atoms with Gasteiger partial charge in [0.25, 0.3) is 11.7 Å². The van der Waals surface area contributed by atoms with E-state index < -0.39 is 135 Å². The number of hydrogen-bond acceptors (Lipinski definition) is 18. The summed E-state index contributed by atoms with van der Waals surface area (Å²) in [5.41, 5.74) is -2.58. The number of phenolic OH excluding ortho intramolecular Hbond substituents is 2. The van der Waals surface area contributed by atoms with Gasteiger partial charge in [0.1, 0.15) is 36.2 Å². The van der Waals surface area contributed by atoms with Crippen LogP contribution in [0.15, 0.2) is 72.2 Å². The SMILES string of the molecule is C/C1=C/C=C/[C@H](C(C)OC(=O)C(C)(C)CC(=O)NCc2cccc(O)c2)[C@H](O)[C@@H](C)[C@@H](O)[C@@H](C)[C@H](O)[C@H](C)[C@@H](O[C@H]2C[C@@H]3OCO[C@@H]3[C@@H](C)O2)/C=C/O[C@@]2(C)Oc3c(C)c(O)c4c(c3C2=O)C(=O)C=C(NC1=O)C4=O. The van der Waals surface area contributed by atoms with E-state index in [1.807, 2.05) is 0 Å². The Morgan fingerprint density at radius 2 is 1.63 bits per heavy atom. The first kappa shape index (κ1) is 56.5. The lowest BCUT2D eigenvalue weighted by Crippen LogP contribution is -2.49. The Morgan fingerprint density at radius 3 is 2.33 bits per heavy atom. The third-order valence-electron chi connectivity index (χ3n) is 14.9. The van der Waals surface area contributed by atoms with Crippen LogP contribution in [0.4, 0.5) is 0 Å². The molecule has 2 saturated heterocycles. The Hall–Kier alpha value is -6.26. The summed E-state index contributed by atoms with van der Waals surface area (Å²) < 4.78 is 42.2. The highest BCUT2D eigenvalue weighted by Gasteiger charge is 2.52. The number of ether oxygens (including phenoxy) is 7. The average Bonchev–Trinajstić information content (AvgIpc) is 3.94. The van der Waals surface area contributed by atoms with Gasteiger partial charge in [-0.1, -0.05) is 51.1 Å². The van der Waals surface area contributed by atoms with E-state index in [1.54, 1.807) is 39.8 Å². The van der Waals surface area contributed by atoms with Crippen molar-refractivity contribution < 1.29 is 87.5 Å². The average molecular weight is 1050 g/mol. The van der Waals surface area contributed by atoms with Gasteiger partial charge in [-0.05, 0) is 65.3 Å². The van der Waals surface area contributed by atoms with E-state index in [0.717, 1.165) is 12.3 Å². The third-order valence-corrected chi connectivity index (χ3v) is 14.9. The van der Waals surface area contributed by atoms with Crippen molar-refractivity contribution in [3.8, 4) is 17.2 Å². The van der Waals surface area contributed by atoms with E-state index in [1.165, 1.54) is 78.0 Å². The van der Waals surface area contributed by atoms with Gasteiger partial charge in [0.05, 0.1) is 70.7 Å². The summed E-state index contributed by atoms with van der Waals surface area (Å²) in [4.78, 5) is 82.8. The minimum absolute atomic E-state index is 0.00473. The Balaban J connectivity index is 1.21. The maximum atomic E-state index is 14.3. The van der Waals surface area contributed by atoms with E-state index >= 15 is 0 Å². The van der Waals surface area contributed by atoms with Crippen LogP contribution in [-0.2, 0) is 49.3 Å². The molecule has 0 aromatic heterocycles. The van der Waals surface area contributed by atoms with Crippen LogP contribution in [0.25, 0.3) is 0 Å². The highest BCUT2D eigenvalue weighted by molar-refractivity contribution is 6.30. The van der Waals surface area contributed by atoms with E-state index in [-0.39, 0.29) is 66.6 Å². The molecule has 6 aliphatic rings. The number of esters is 1. The van der Waals surface area contributed by atoms with Crippen LogP contribution in [0, 0.1) is 36.0 Å². The summed E-state index contributed by atoms with van der Waals surface area (Å²) in [6, 6.07) is 6.34. The number of aliphatic hydroxyl groups excluding tert-OH is 3. The number of nitrogens with one attached hydrogen (secondary N) is 2. The predicted octanol–water partition coefficient (Wildman–Crippen LogP) is 4.66. The Kier molecular flexibility index (Phi) is 17.0. The van der Waals surface area contributed by atoms with Crippen LogP contribution in [0.3, 0.4) is 0 Å². The lowest BCUT2D eigenvalue weighted by molar-refractivity contribution is -0.245. The summed E-state index contributed by atoms with van der Waals surface area (Å²) in [6.45, 7) is 15.4. The van der Waals surface area contributed by atoms with E-state index in [9.17, 15) is 54.3 Å². The van der Waals surface area contributed by atoms with Gasteiger partial charge in [-0.25, -0.2) is 0 Å². The quantitative estimate of drug-likeness (QED) is 0.168. The van der Waals surface area contributed by atoms with Crippen LogP contribution >= 0.6 is 0 Å². The molecule has 1 unspecified atom stereocenters. The second kappa shape index (κ2) is 22.5. The van der Waals surface area contributed by atoms with Crippen LogP contribution in [0.1, 0.15) is 117 Å². The maximum Gasteiger partial charge on any atom is 0.312 e. The second-order valence-corrected chi connectivity index (χ2v) is 21.0. The number of phenols is 2. The number of amides is 2. The number of Topliss-reactive ketones (excluding diaryl/α,β-unsaturated/α-hetero) is 2. The number of benzene rings is 2. The monoisotopic (exact) mass is 1040 g/mol. The van der Waals surface area contributed by atoms with Gasteiger partial charge in [0, 0.05) is 67.2 Å². The van der Waals surface area contributed by atoms with Gasteiger partial charge in [0.2, 0.25) is 11.7 Å². The lowest BCUT2D eigenvalue weighted by atomic mass is 9.77. The van der Waals surface area contributed by atoms with Crippen molar-refractivity contribution in [1.29, 1.82) is 0 Å². The van der Waals surface area contributed by atoms with Crippen LogP contribution < -0.4 is 15.4 Å². The number of fused-ring (bicyclic) bond motifs is 15. The minimum atomic E-state index is -2.16. The molecule has 0 spiro atoms. The largest absolute Gasteiger partial charge is 0.508 e. The first-order valence-corrected chi connectivity index (χ1v) is 25.0. The number of rotatable bonds is 9. The first-order chi connectivity index (χ1) is 35.2. The van der Waals surface area contributed by atoms with Gasteiger partial charge in [0.15, 0.2) is 12.1 Å². The number of ketones is 3. The molecule has 406 valence electrons. The minimum Gasteiger partial charge on any atom is -0.508 e. The molecule has 2 amide bonds. The molecule has 8 rings (SSSR count). The highest BCUT2D eigenvalue weighted by atomic mass is 16.7. The lowest BCUT2D eigenvalue weighted by Gasteiger charge is -2.40. The van der Waals surface area contributed by atoms with Gasteiger partial charge < -0.3 is 69.3 Å². The van der Waals surface area contributed by atoms with E-state index in [0.29, 0.717) is 5.56 Å². The fraction of sp³-hybridized carbons (Fsp3) is 0.527. The van der Waals surface area contributed by atoms with Crippen LogP contribution in [0.5, 0.6) is 17.2 Å². The molecule has 2 aromatic carbocycles. The van der Waals surface area contributed by atoms with Crippen molar-refractivity contribution in [2.75, 3.05) is 6.79 Å². The van der Waals surface area contributed by atoms with Crippen LogP contribution in [-0.4, -0.2) is 128 Å². The number of aliphatic hydroxyl groups is 3. The molecule has 20 heteroatoms.